The van der Waals surface area contributed by atoms with E-state index in [0.29, 0.717) is 5.82 Å². The number of nitrogens with zero attached hydrogens (tertiary/aromatic N) is 2. The normalized spacial score (nSPS) is 8.61. The number of carbonyl (C=O) groups excluding carboxylic acids is 1. The van der Waals surface area contributed by atoms with Crippen LogP contribution in [-0.4, -0.2) is 29.1 Å². The molecule has 0 atom stereocenters. The molecule has 1 N–H and O–H groups in total. The van der Waals surface area contributed by atoms with Crippen molar-refractivity contribution in [2.45, 2.75) is 20.8 Å². The fourth-order valence-electron chi connectivity index (χ4n) is 0.970. The first-order valence-electron chi connectivity index (χ1n) is 5.55. The van der Waals surface area contributed by atoms with Crippen LogP contribution in [-0.2, 0) is 4.74 Å². The lowest BCUT2D eigenvalue weighted by Gasteiger charge is -2.07. The fourth-order valence-corrected chi connectivity index (χ4v) is 1.21. The first-order valence-corrected chi connectivity index (χ1v) is 5.93. The van der Waals surface area contributed by atoms with Gasteiger partial charge in [-0.2, -0.15) is 0 Å². The van der Waals surface area contributed by atoms with Crippen molar-refractivity contribution in [3.8, 4) is 12.3 Å². The molecular formula is C12H16ClN3O2. The molecule has 0 aromatic carbocycles. The average Bonchev–Trinajstić information content (AvgIpc) is 2.40. The van der Waals surface area contributed by atoms with Gasteiger partial charge in [0, 0.05) is 0 Å². The van der Waals surface area contributed by atoms with E-state index in [2.05, 4.69) is 21.2 Å². The second-order valence-electron chi connectivity index (χ2n) is 2.66. The van der Waals surface area contributed by atoms with E-state index in [-0.39, 0.29) is 23.9 Å². The summed E-state index contributed by atoms with van der Waals surface area (Å²) in [5.41, 5.74) is 0.0260. The Hall–Kier alpha value is -1.80. The molecule has 0 aliphatic heterocycles. The molecule has 1 rings (SSSR count). The Morgan fingerprint density at radius 3 is 2.78 bits per heavy atom. The van der Waals surface area contributed by atoms with Gasteiger partial charge in [0.15, 0.2) is 5.69 Å². The van der Waals surface area contributed by atoms with Gasteiger partial charge in [-0.15, -0.1) is 6.42 Å². The molecule has 6 heteroatoms. The number of ether oxygens (including phenoxy) is 1. The highest BCUT2D eigenvalue weighted by Gasteiger charge is 2.16. The van der Waals surface area contributed by atoms with Crippen LogP contribution in [0.25, 0.3) is 0 Å². The maximum absolute atomic E-state index is 11.4. The second-order valence-corrected chi connectivity index (χ2v) is 3.04. The van der Waals surface area contributed by atoms with Gasteiger partial charge in [0.2, 0.25) is 0 Å². The summed E-state index contributed by atoms with van der Waals surface area (Å²) < 4.78 is 4.79. The summed E-state index contributed by atoms with van der Waals surface area (Å²) in [5, 5.41) is 2.88. The van der Waals surface area contributed by atoms with Gasteiger partial charge in [0.1, 0.15) is 17.2 Å². The third-order valence-corrected chi connectivity index (χ3v) is 1.97. The number of hydrogen-bond donors (Lipinski definition) is 1. The highest BCUT2D eigenvalue weighted by atomic mass is 35.5. The standard InChI is InChI=1S/C10H10ClN3O2.C2H6/c1-3-5-12-9-7(11)8(13-6-14-9)10(15)16-4-2;1-2/h1,6H,4-5H2,2H3,(H,12,13,14);1-2H3. The van der Waals surface area contributed by atoms with E-state index >= 15 is 0 Å². The van der Waals surface area contributed by atoms with Gasteiger partial charge < -0.3 is 10.1 Å². The van der Waals surface area contributed by atoms with Crippen molar-refractivity contribution in [1.29, 1.82) is 0 Å². The van der Waals surface area contributed by atoms with Crippen LogP contribution in [0.2, 0.25) is 5.02 Å². The monoisotopic (exact) mass is 269 g/mol. The van der Waals surface area contributed by atoms with Crippen molar-refractivity contribution >= 4 is 23.4 Å². The zero-order chi connectivity index (χ0) is 14.0. The molecule has 0 saturated carbocycles. The lowest BCUT2D eigenvalue weighted by Crippen LogP contribution is -2.11. The second kappa shape index (κ2) is 9.25. The number of rotatable bonds is 4. The minimum Gasteiger partial charge on any atom is -0.461 e. The molecule has 5 nitrogen and oxygen atoms in total. The lowest BCUT2D eigenvalue weighted by molar-refractivity contribution is 0.0519. The molecule has 0 radical (unpaired) electrons. The highest BCUT2D eigenvalue weighted by Crippen LogP contribution is 2.21. The molecule has 0 unspecified atom stereocenters. The number of anilines is 1. The zero-order valence-corrected chi connectivity index (χ0v) is 11.4. The summed E-state index contributed by atoms with van der Waals surface area (Å²) in [6.07, 6.45) is 6.30. The summed E-state index contributed by atoms with van der Waals surface area (Å²) in [6.45, 7) is 6.22. The lowest BCUT2D eigenvalue weighted by atomic mass is 10.4. The molecule has 18 heavy (non-hydrogen) atoms. The van der Waals surface area contributed by atoms with Crippen LogP contribution in [0, 0.1) is 12.3 Å². The Labute approximate surface area is 112 Å². The van der Waals surface area contributed by atoms with Crippen molar-refractivity contribution in [1.82, 2.24) is 9.97 Å². The Morgan fingerprint density at radius 2 is 2.22 bits per heavy atom. The predicted molar refractivity (Wildman–Crippen MR) is 71.7 cm³/mol. The van der Waals surface area contributed by atoms with Crippen LogP contribution in [0.1, 0.15) is 31.3 Å². The van der Waals surface area contributed by atoms with Gasteiger partial charge in [-0.3, -0.25) is 0 Å². The van der Waals surface area contributed by atoms with Crippen LogP contribution in [0.4, 0.5) is 5.82 Å². The topological polar surface area (TPSA) is 64.1 Å². The molecule has 98 valence electrons. The van der Waals surface area contributed by atoms with Crippen molar-refractivity contribution in [2.75, 3.05) is 18.5 Å². The van der Waals surface area contributed by atoms with E-state index in [0.717, 1.165) is 0 Å². The molecular weight excluding hydrogens is 254 g/mol. The Balaban J connectivity index is 0.00000137. The molecule has 0 aliphatic rings. The van der Waals surface area contributed by atoms with Crippen LogP contribution >= 0.6 is 11.6 Å². The smallest absolute Gasteiger partial charge is 0.358 e. The van der Waals surface area contributed by atoms with Crippen LogP contribution in [0.15, 0.2) is 6.33 Å². The van der Waals surface area contributed by atoms with E-state index in [9.17, 15) is 4.79 Å². The number of nitrogens with one attached hydrogen (secondary N) is 1. The third-order valence-electron chi connectivity index (χ3n) is 1.62. The first-order chi connectivity index (χ1) is 8.70. The summed E-state index contributed by atoms with van der Waals surface area (Å²) in [6, 6.07) is 0. The van der Waals surface area contributed by atoms with Gasteiger partial charge in [0.25, 0.3) is 0 Å². The SMILES string of the molecule is C#CCNc1ncnc(C(=O)OCC)c1Cl.CC. The average molecular weight is 270 g/mol. The Bertz CT molecular complexity index is 430. The predicted octanol–water partition coefficient (Wildman–Crippen LogP) is 2.38. The number of carbonyl (C=O) groups is 1. The molecule has 0 saturated heterocycles. The van der Waals surface area contributed by atoms with Crippen molar-refractivity contribution < 1.29 is 9.53 Å². The quantitative estimate of drug-likeness (QED) is 0.672. The largest absolute Gasteiger partial charge is 0.461 e. The van der Waals surface area contributed by atoms with E-state index in [1.165, 1.54) is 6.33 Å². The molecule has 1 aromatic heterocycles. The zero-order valence-electron chi connectivity index (χ0n) is 10.7. The number of hydrogen-bond acceptors (Lipinski definition) is 5. The maximum Gasteiger partial charge on any atom is 0.358 e. The molecule has 1 aromatic rings. The summed E-state index contributed by atoms with van der Waals surface area (Å²) in [4.78, 5) is 19.0. The summed E-state index contributed by atoms with van der Waals surface area (Å²) >= 11 is 5.92. The van der Waals surface area contributed by atoms with Gasteiger partial charge in [-0.05, 0) is 6.92 Å². The third kappa shape index (κ3) is 4.60. The summed E-state index contributed by atoms with van der Waals surface area (Å²) in [5.74, 6) is 2.10. The highest BCUT2D eigenvalue weighted by molar-refractivity contribution is 6.35. The van der Waals surface area contributed by atoms with E-state index < -0.39 is 5.97 Å². The number of terminal acetylenes is 1. The Morgan fingerprint density at radius 1 is 1.56 bits per heavy atom. The molecule has 0 bridgehead atoms. The Kier molecular flexibility index (Phi) is 8.33. The molecule has 0 amide bonds. The van der Waals surface area contributed by atoms with E-state index in [1.54, 1.807) is 6.92 Å². The van der Waals surface area contributed by atoms with Gasteiger partial charge in [0.05, 0.1) is 13.2 Å². The molecule has 0 spiro atoms. The van der Waals surface area contributed by atoms with Crippen LogP contribution in [0.5, 0.6) is 0 Å². The molecule has 0 aliphatic carbocycles. The fraction of sp³-hybridized carbons (Fsp3) is 0.417. The van der Waals surface area contributed by atoms with Gasteiger partial charge in [-0.1, -0.05) is 31.4 Å². The van der Waals surface area contributed by atoms with Crippen molar-refractivity contribution in [3.05, 3.63) is 17.0 Å². The van der Waals surface area contributed by atoms with Gasteiger partial charge >= 0.3 is 5.97 Å². The minimum atomic E-state index is -0.585. The number of aromatic nitrogens is 2. The van der Waals surface area contributed by atoms with Crippen molar-refractivity contribution in [2.24, 2.45) is 0 Å². The number of esters is 1. The molecule has 1 heterocycles. The number of halogens is 1. The van der Waals surface area contributed by atoms with Crippen molar-refractivity contribution in [3.63, 3.8) is 0 Å². The van der Waals surface area contributed by atoms with Crippen LogP contribution < -0.4 is 5.32 Å². The van der Waals surface area contributed by atoms with E-state index in [1.807, 2.05) is 13.8 Å². The first kappa shape index (κ1) is 16.2. The van der Waals surface area contributed by atoms with Gasteiger partial charge in [-0.25, -0.2) is 14.8 Å². The minimum absolute atomic E-state index is 0.0260. The van der Waals surface area contributed by atoms with Crippen LogP contribution in [0.3, 0.4) is 0 Å². The molecule has 0 fully saturated rings. The summed E-state index contributed by atoms with van der Waals surface area (Å²) in [7, 11) is 0. The van der Waals surface area contributed by atoms with E-state index in [4.69, 9.17) is 22.8 Å². The maximum atomic E-state index is 11.4.